The first-order chi connectivity index (χ1) is 18.0. The molecular formula is C28H25FN6O2. The molecule has 7 rings (SSSR count). The summed E-state index contributed by atoms with van der Waals surface area (Å²) in [4.78, 5) is 26.1. The predicted molar refractivity (Wildman–Crippen MR) is 138 cm³/mol. The molecule has 3 aliphatic rings. The Kier molecular flexibility index (Phi) is 4.99. The maximum absolute atomic E-state index is 14.6. The second-order valence-corrected chi connectivity index (χ2v) is 9.97. The number of hydrogen-bond acceptors (Lipinski definition) is 6. The number of aryl methyl sites for hydroxylation is 1. The Morgan fingerprint density at radius 3 is 2.89 bits per heavy atom. The van der Waals surface area contributed by atoms with Crippen LogP contribution in [0, 0.1) is 12.7 Å². The van der Waals surface area contributed by atoms with E-state index in [4.69, 9.17) is 9.72 Å². The highest BCUT2D eigenvalue weighted by Gasteiger charge is 2.38. The maximum Gasteiger partial charge on any atom is 0.279 e. The van der Waals surface area contributed by atoms with Gasteiger partial charge in [-0.25, -0.2) is 19.4 Å². The van der Waals surface area contributed by atoms with Gasteiger partial charge in [0.1, 0.15) is 5.82 Å². The highest BCUT2D eigenvalue weighted by atomic mass is 19.1. The van der Waals surface area contributed by atoms with Crippen molar-refractivity contribution in [3.8, 4) is 11.3 Å². The lowest BCUT2D eigenvalue weighted by atomic mass is 9.72. The van der Waals surface area contributed by atoms with Crippen molar-refractivity contribution in [2.75, 3.05) is 25.1 Å². The van der Waals surface area contributed by atoms with Crippen LogP contribution in [0.3, 0.4) is 0 Å². The van der Waals surface area contributed by atoms with Crippen LogP contribution in [-0.4, -0.2) is 46.2 Å². The number of pyridine rings is 2. The van der Waals surface area contributed by atoms with Crippen LogP contribution in [0.1, 0.15) is 45.6 Å². The average Bonchev–Trinajstić information content (AvgIpc) is 3.52. The van der Waals surface area contributed by atoms with Gasteiger partial charge in [0.05, 0.1) is 28.8 Å². The van der Waals surface area contributed by atoms with E-state index in [1.807, 2.05) is 18.2 Å². The number of aromatic nitrogens is 3. The van der Waals surface area contributed by atoms with Gasteiger partial charge in [0, 0.05) is 55.3 Å². The van der Waals surface area contributed by atoms with Crippen LogP contribution in [0.25, 0.3) is 16.9 Å². The number of nitrogens with zero attached hydrogens (tertiary/aromatic N) is 4. The fourth-order valence-electron chi connectivity index (χ4n) is 5.86. The van der Waals surface area contributed by atoms with Crippen molar-refractivity contribution in [2.24, 2.45) is 4.99 Å². The van der Waals surface area contributed by atoms with Crippen LogP contribution < -0.4 is 10.6 Å². The number of ether oxygens (including phenoxy) is 1. The molecule has 1 spiro atoms. The molecule has 37 heavy (non-hydrogen) atoms. The molecule has 186 valence electrons. The second-order valence-electron chi connectivity index (χ2n) is 9.97. The molecule has 0 atom stereocenters. The molecule has 1 fully saturated rings. The monoisotopic (exact) mass is 496 g/mol. The standard InChI is InChI=1S/C28H25FN6O2/c1-16-6-9-35-22(14-31-26(35)25(16)29)17-2-4-20(24-18(17)12-32-27(24)36)33-23-5-3-19-21(34-23)13-30-15-28(19)7-10-37-11-8-28/h2-6,9,12,14,30H,7-8,10-11,13,15H2,1H3,(H,33,34). The van der Waals surface area contributed by atoms with Crippen LogP contribution in [0.4, 0.5) is 15.9 Å². The SMILES string of the molecule is Cc1ccn2c(-c3ccc(Nc4ccc5c(n4)CNCC54CCOCC4)c4c3C=NC4=O)cnc2c1F. The molecule has 0 unspecified atom stereocenters. The number of carbonyl (C=O) groups is 1. The molecule has 1 amide bonds. The highest BCUT2D eigenvalue weighted by Crippen LogP contribution is 2.39. The number of fused-ring (bicyclic) bond motifs is 4. The first-order valence-electron chi connectivity index (χ1n) is 12.5. The highest BCUT2D eigenvalue weighted by molar-refractivity contribution is 6.19. The van der Waals surface area contributed by atoms with Crippen LogP contribution in [0.15, 0.2) is 47.7 Å². The lowest BCUT2D eigenvalue weighted by Crippen LogP contribution is -2.47. The Morgan fingerprint density at radius 2 is 2.03 bits per heavy atom. The van der Waals surface area contributed by atoms with Crippen LogP contribution in [-0.2, 0) is 16.7 Å². The number of carbonyl (C=O) groups excluding carboxylic acids is 1. The number of anilines is 2. The van der Waals surface area contributed by atoms with Crippen molar-refractivity contribution in [1.82, 2.24) is 19.7 Å². The summed E-state index contributed by atoms with van der Waals surface area (Å²) < 4.78 is 21.9. The van der Waals surface area contributed by atoms with Gasteiger partial charge in [-0.15, -0.1) is 0 Å². The van der Waals surface area contributed by atoms with Crippen LogP contribution >= 0.6 is 0 Å². The van der Waals surface area contributed by atoms with E-state index in [1.165, 1.54) is 5.56 Å². The molecule has 0 bridgehead atoms. The molecule has 3 aliphatic heterocycles. The number of benzene rings is 1. The third-order valence-electron chi connectivity index (χ3n) is 7.87. The summed E-state index contributed by atoms with van der Waals surface area (Å²) in [6.45, 7) is 4.88. The Morgan fingerprint density at radius 1 is 1.16 bits per heavy atom. The molecule has 3 aromatic heterocycles. The number of rotatable bonds is 3. The smallest absolute Gasteiger partial charge is 0.279 e. The van der Waals surface area contributed by atoms with E-state index in [9.17, 15) is 9.18 Å². The van der Waals surface area contributed by atoms with Crippen molar-refractivity contribution in [2.45, 2.75) is 31.7 Å². The quantitative estimate of drug-likeness (QED) is 0.439. The molecular weight excluding hydrogens is 471 g/mol. The first kappa shape index (κ1) is 22.3. The minimum absolute atomic E-state index is 0.0656. The molecule has 2 N–H and O–H groups in total. The molecule has 0 aliphatic carbocycles. The minimum Gasteiger partial charge on any atom is -0.381 e. The number of imidazole rings is 1. The zero-order valence-corrected chi connectivity index (χ0v) is 20.3. The Balaban J connectivity index is 1.27. The van der Waals surface area contributed by atoms with Gasteiger partial charge in [0.25, 0.3) is 5.91 Å². The summed E-state index contributed by atoms with van der Waals surface area (Å²) in [6, 6.07) is 9.62. The number of nitrogens with one attached hydrogen (secondary N) is 2. The molecule has 6 heterocycles. The van der Waals surface area contributed by atoms with Gasteiger partial charge in [-0.3, -0.25) is 9.20 Å². The van der Waals surface area contributed by atoms with E-state index in [2.05, 4.69) is 26.7 Å². The molecule has 9 heteroatoms. The number of hydrogen-bond donors (Lipinski definition) is 2. The molecule has 8 nitrogen and oxygen atoms in total. The van der Waals surface area contributed by atoms with Crippen molar-refractivity contribution in [1.29, 1.82) is 0 Å². The van der Waals surface area contributed by atoms with Crippen molar-refractivity contribution in [3.63, 3.8) is 0 Å². The predicted octanol–water partition coefficient (Wildman–Crippen LogP) is 4.31. The van der Waals surface area contributed by atoms with Gasteiger partial charge >= 0.3 is 0 Å². The average molecular weight is 497 g/mol. The fraction of sp³-hybridized carbons (Fsp3) is 0.286. The third kappa shape index (κ3) is 3.42. The van der Waals surface area contributed by atoms with Crippen molar-refractivity contribution in [3.05, 3.63) is 76.5 Å². The zero-order chi connectivity index (χ0) is 25.1. The summed E-state index contributed by atoms with van der Waals surface area (Å²) >= 11 is 0. The summed E-state index contributed by atoms with van der Waals surface area (Å²) in [5, 5.41) is 6.89. The van der Waals surface area contributed by atoms with Gasteiger partial charge in [-0.05, 0) is 49.1 Å². The van der Waals surface area contributed by atoms with E-state index in [1.54, 1.807) is 36.0 Å². The second kappa shape index (κ2) is 8.29. The maximum atomic E-state index is 14.6. The fourth-order valence-corrected chi connectivity index (χ4v) is 5.86. The van der Waals surface area contributed by atoms with E-state index in [-0.39, 0.29) is 22.8 Å². The topological polar surface area (TPSA) is 92.9 Å². The van der Waals surface area contributed by atoms with Crippen molar-refractivity contribution < 1.29 is 13.9 Å². The summed E-state index contributed by atoms with van der Waals surface area (Å²) in [5.74, 6) is -0.00780. The van der Waals surface area contributed by atoms with Gasteiger partial charge in [0.15, 0.2) is 11.5 Å². The van der Waals surface area contributed by atoms with Gasteiger partial charge in [-0.2, -0.15) is 0 Å². The van der Waals surface area contributed by atoms with Gasteiger partial charge in [-0.1, -0.05) is 12.1 Å². The van der Waals surface area contributed by atoms with Crippen molar-refractivity contribution >= 4 is 29.3 Å². The van der Waals surface area contributed by atoms with E-state index in [0.717, 1.165) is 43.9 Å². The third-order valence-corrected chi connectivity index (χ3v) is 7.87. The summed E-state index contributed by atoms with van der Waals surface area (Å²) in [5.41, 5.74) is 6.39. The van der Waals surface area contributed by atoms with E-state index < -0.39 is 0 Å². The lowest BCUT2D eigenvalue weighted by Gasteiger charge is -2.41. The molecule has 0 radical (unpaired) electrons. The summed E-state index contributed by atoms with van der Waals surface area (Å²) in [7, 11) is 0. The molecule has 1 aromatic carbocycles. The van der Waals surface area contributed by atoms with E-state index in [0.29, 0.717) is 40.4 Å². The molecule has 0 saturated carbocycles. The number of amides is 1. The Labute approximate surface area is 212 Å². The minimum atomic E-state index is -0.357. The van der Waals surface area contributed by atoms with E-state index >= 15 is 0 Å². The molecule has 1 saturated heterocycles. The normalized spacial score (nSPS) is 17.8. The van der Waals surface area contributed by atoms with Crippen LogP contribution in [0.5, 0.6) is 0 Å². The number of halogens is 1. The summed E-state index contributed by atoms with van der Waals surface area (Å²) in [6.07, 6.45) is 6.95. The Hall–Kier alpha value is -3.95. The number of aliphatic imine (C=N–C) groups is 1. The molecule has 4 aromatic rings. The largest absolute Gasteiger partial charge is 0.381 e. The zero-order valence-electron chi connectivity index (χ0n) is 20.3. The van der Waals surface area contributed by atoms with Gasteiger partial charge in [0.2, 0.25) is 0 Å². The van der Waals surface area contributed by atoms with Gasteiger partial charge < -0.3 is 15.4 Å². The first-order valence-corrected chi connectivity index (χ1v) is 12.5. The van der Waals surface area contributed by atoms with Crippen LogP contribution in [0.2, 0.25) is 0 Å². The Bertz CT molecular complexity index is 1620. The lowest BCUT2D eigenvalue weighted by molar-refractivity contribution is 0.0468.